The van der Waals surface area contributed by atoms with Crippen molar-refractivity contribution in [2.24, 2.45) is 5.92 Å². The van der Waals surface area contributed by atoms with Crippen molar-refractivity contribution in [2.75, 3.05) is 6.61 Å². The Labute approximate surface area is 134 Å². The molecule has 0 saturated heterocycles. The molecule has 0 aromatic rings. The number of carbonyl (C=O) groups is 1. The second-order valence-corrected chi connectivity index (χ2v) is 6.59. The quantitative estimate of drug-likeness (QED) is 0.199. The van der Waals surface area contributed by atoms with Gasteiger partial charge < -0.3 is 37.8 Å². The Kier molecular flexibility index (Phi) is 19.0. The molecule has 0 fully saturated rings. The number of carbonyl (C=O) groups excluding carboxylic acids is 1. The minimum atomic E-state index is -0.556. The Hall–Kier alpha value is 0.504. The summed E-state index contributed by atoms with van der Waals surface area (Å²) in [7, 11) is 9.78. The van der Waals surface area contributed by atoms with E-state index >= 15 is 0 Å². The van der Waals surface area contributed by atoms with Gasteiger partial charge in [-0.25, -0.2) is 24.1 Å². The van der Waals surface area contributed by atoms with E-state index in [0.717, 1.165) is 25.7 Å². The van der Waals surface area contributed by atoms with Gasteiger partial charge in [-0.3, -0.25) is 0 Å². The van der Waals surface area contributed by atoms with Crippen LogP contribution in [0.1, 0.15) is 32.6 Å². The van der Waals surface area contributed by atoms with Crippen LogP contribution in [0, 0.1) is 32.6 Å². The molecule has 1 unspecified atom stereocenters. The standard InChI is InChI=1S/C14H22O2.2ClH.Ti/c1-5-6-7-8-9-10-13(4)11-16-14(15)12(2)3;;;/h7,9,13H,1-2,4-6,8,10-11H2,3H3;2*1H;/q-4;;;+6/p-2. The summed E-state index contributed by atoms with van der Waals surface area (Å²) >= 11 is -0.556. The molecule has 1 atom stereocenters. The zero-order valence-corrected chi connectivity index (χ0v) is 14.5. The van der Waals surface area contributed by atoms with Gasteiger partial charge in [0.2, 0.25) is 0 Å². The van der Waals surface area contributed by atoms with E-state index in [4.69, 9.17) is 23.3 Å². The molecule has 0 heterocycles. The third kappa shape index (κ3) is 18.5. The minimum absolute atomic E-state index is 0.122. The van der Waals surface area contributed by atoms with Crippen molar-refractivity contribution in [1.82, 2.24) is 0 Å². The van der Waals surface area contributed by atoms with Gasteiger partial charge in [0.1, 0.15) is 0 Å². The van der Waals surface area contributed by atoms with Crippen LogP contribution < -0.4 is 0 Å². The molecule has 108 valence electrons. The first-order chi connectivity index (χ1) is 8.99. The Bertz CT molecular complexity index is 235. The van der Waals surface area contributed by atoms with E-state index in [9.17, 15) is 4.79 Å². The Morgan fingerprint density at radius 1 is 1.47 bits per heavy atom. The molecule has 0 radical (unpaired) electrons. The number of rotatable bonds is 9. The van der Waals surface area contributed by atoms with Gasteiger partial charge in [0.05, 0.1) is 6.61 Å². The maximum atomic E-state index is 11.1. The van der Waals surface area contributed by atoms with Crippen molar-refractivity contribution in [1.29, 1.82) is 0 Å². The van der Waals surface area contributed by atoms with Gasteiger partial charge in [0, 0.05) is 5.57 Å². The number of esters is 1. The van der Waals surface area contributed by atoms with Crippen molar-refractivity contribution in [3.8, 4) is 0 Å². The van der Waals surface area contributed by atoms with E-state index in [2.05, 4.69) is 33.3 Å². The maximum absolute atomic E-state index is 11.1. The van der Waals surface area contributed by atoms with Crippen molar-refractivity contribution in [2.45, 2.75) is 32.6 Å². The summed E-state index contributed by atoms with van der Waals surface area (Å²) in [6.07, 6.45) is 8.16. The average Bonchev–Trinajstić information content (AvgIpc) is 2.36. The fraction of sp³-hybridized carbons (Fsp3) is 0.500. The van der Waals surface area contributed by atoms with E-state index in [-0.39, 0.29) is 11.9 Å². The summed E-state index contributed by atoms with van der Waals surface area (Å²) in [6.45, 7) is 13.2. The van der Waals surface area contributed by atoms with Crippen LogP contribution in [0.4, 0.5) is 0 Å². The van der Waals surface area contributed by atoms with Crippen LogP contribution in [0.2, 0.25) is 0 Å². The van der Waals surface area contributed by atoms with Crippen molar-refractivity contribution in [3.63, 3.8) is 0 Å². The van der Waals surface area contributed by atoms with Crippen LogP contribution in [0.25, 0.3) is 0 Å². The van der Waals surface area contributed by atoms with Gasteiger partial charge in [0.25, 0.3) is 0 Å². The molecule has 0 aromatic heterocycles. The first-order valence-electron chi connectivity index (χ1n) is 6.04. The van der Waals surface area contributed by atoms with Crippen LogP contribution >= 0.6 is 18.6 Å². The van der Waals surface area contributed by atoms with Gasteiger partial charge in [0.15, 0.2) is 0 Å². The SMILES string of the molecule is C=C(C)C(=O)OCC([CH2-])C[CH-]C[CH-]CC[CH2-].[Cl][Ti+4][Cl]. The molecule has 2 nitrogen and oxygen atoms in total. The van der Waals surface area contributed by atoms with Gasteiger partial charge >= 0.3 is 41.6 Å². The monoisotopic (exact) mass is 340 g/mol. The molecule has 19 heavy (non-hydrogen) atoms. The summed E-state index contributed by atoms with van der Waals surface area (Å²) < 4.78 is 5.00. The van der Waals surface area contributed by atoms with E-state index in [1.54, 1.807) is 6.92 Å². The fourth-order valence-corrected chi connectivity index (χ4v) is 1.10. The normalized spacial score (nSPS) is 11.4. The van der Waals surface area contributed by atoms with Gasteiger partial charge in [-0.05, 0) is 6.92 Å². The van der Waals surface area contributed by atoms with Crippen LogP contribution in [0.15, 0.2) is 12.2 Å². The predicted molar refractivity (Wildman–Crippen MR) is 78.8 cm³/mol. The fourth-order valence-electron chi connectivity index (χ4n) is 1.10. The molecule has 0 N–H and O–H groups in total. The number of unbranched alkanes of at least 4 members (excludes halogenated alkanes) is 4. The van der Waals surface area contributed by atoms with E-state index in [1.165, 1.54) is 0 Å². The van der Waals surface area contributed by atoms with Crippen LogP contribution in [0.5, 0.6) is 0 Å². The zero-order chi connectivity index (χ0) is 15.1. The summed E-state index contributed by atoms with van der Waals surface area (Å²) in [5.41, 5.74) is 0.431. The van der Waals surface area contributed by atoms with E-state index in [0.29, 0.717) is 12.2 Å². The van der Waals surface area contributed by atoms with E-state index in [1.807, 2.05) is 0 Å². The van der Waals surface area contributed by atoms with E-state index < -0.39 is 17.0 Å². The van der Waals surface area contributed by atoms with Crippen molar-refractivity contribution >= 4 is 24.6 Å². The summed E-state index contributed by atoms with van der Waals surface area (Å²) in [6, 6.07) is 0. The third-order valence-electron chi connectivity index (χ3n) is 2.04. The molecule has 0 aliphatic rings. The molecular formula is C14H22Cl2O2Ti. The number of ether oxygens (including phenoxy) is 1. The summed E-state index contributed by atoms with van der Waals surface area (Å²) in [5.74, 6) is -0.214. The van der Waals surface area contributed by atoms with Crippen molar-refractivity contribution < 1.29 is 26.6 Å². The molecule has 0 rings (SSSR count). The van der Waals surface area contributed by atoms with Crippen molar-refractivity contribution in [3.05, 3.63) is 38.8 Å². The Morgan fingerprint density at radius 2 is 2.05 bits per heavy atom. The first kappa shape index (κ1) is 21.8. The molecule has 0 spiro atoms. The zero-order valence-electron chi connectivity index (χ0n) is 11.5. The van der Waals surface area contributed by atoms with Gasteiger partial charge in [-0.1, -0.05) is 6.58 Å². The number of hydrogen-bond acceptors (Lipinski definition) is 2. The molecule has 0 aromatic carbocycles. The molecule has 5 heteroatoms. The molecule has 0 amide bonds. The van der Waals surface area contributed by atoms with Crippen LogP contribution in [-0.2, 0) is 26.6 Å². The first-order valence-corrected chi connectivity index (χ1v) is 10.3. The molecule has 0 bridgehead atoms. The molecule has 0 saturated carbocycles. The Balaban J connectivity index is 0. The number of hydrogen-bond donors (Lipinski definition) is 0. The van der Waals surface area contributed by atoms with Gasteiger partial charge in [-0.15, -0.1) is 0 Å². The summed E-state index contributed by atoms with van der Waals surface area (Å²) in [4.78, 5) is 11.1. The number of halogens is 2. The average molecular weight is 341 g/mol. The third-order valence-corrected chi connectivity index (χ3v) is 2.04. The summed E-state index contributed by atoms with van der Waals surface area (Å²) in [5, 5.41) is 0. The second-order valence-electron chi connectivity index (χ2n) is 4.01. The molecule has 0 aliphatic carbocycles. The second kappa shape index (κ2) is 16.6. The topological polar surface area (TPSA) is 26.3 Å². The molecule has 0 aliphatic heterocycles. The molecular weight excluding hydrogens is 319 g/mol. The van der Waals surface area contributed by atoms with Crippen LogP contribution in [0.3, 0.4) is 0 Å². The van der Waals surface area contributed by atoms with Gasteiger partial charge in [-0.2, -0.15) is 5.92 Å². The Morgan fingerprint density at radius 3 is 2.53 bits per heavy atom. The van der Waals surface area contributed by atoms with Crippen LogP contribution in [-0.4, -0.2) is 12.6 Å². The predicted octanol–water partition coefficient (Wildman–Crippen LogP) is 4.74.